The maximum atomic E-state index is 14.7. The van der Waals surface area contributed by atoms with Crippen LogP contribution in [0.1, 0.15) is 0 Å². The molecule has 0 aliphatic heterocycles. The molecule has 246 valence electrons. The van der Waals surface area contributed by atoms with Crippen LogP contribution < -0.4 is 15.5 Å². The van der Waals surface area contributed by atoms with Gasteiger partial charge in [-0.1, -0.05) is 73.8 Å². The lowest BCUT2D eigenvalue weighted by Crippen LogP contribution is -2.49. The molecule has 0 spiro atoms. The molecular formula is C30H34N4O8S4. The highest BCUT2D eigenvalue weighted by atomic mass is 33.1. The van der Waals surface area contributed by atoms with E-state index in [1.54, 1.807) is 74.4 Å². The summed E-state index contributed by atoms with van der Waals surface area (Å²) < 4.78 is 58.8. The summed E-state index contributed by atoms with van der Waals surface area (Å²) in [6.07, 6.45) is 0. The molecule has 0 aliphatic rings. The van der Waals surface area contributed by atoms with Crippen molar-refractivity contribution in [3.63, 3.8) is 0 Å². The van der Waals surface area contributed by atoms with Crippen LogP contribution in [0.2, 0.25) is 0 Å². The topological polar surface area (TPSA) is 179 Å². The lowest BCUT2D eigenvalue weighted by atomic mass is 10.1. The first kappa shape index (κ1) is 35.3. The fraction of sp³-hybridized carbons (Fsp3) is 0.267. The molecule has 0 saturated carbocycles. The van der Waals surface area contributed by atoms with Crippen molar-refractivity contribution in [1.82, 2.24) is 3.71 Å². The van der Waals surface area contributed by atoms with Crippen LogP contribution in [-0.4, -0.2) is 94.5 Å². The molecule has 4 rings (SSSR count). The van der Waals surface area contributed by atoms with E-state index >= 15 is 0 Å². The monoisotopic (exact) mass is 706 g/mol. The number of anilines is 2. The van der Waals surface area contributed by atoms with Gasteiger partial charge in [-0.05, 0) is 24.3 Å². The molecule has 0 radical (unpaired) electrons. The first-order valence-corrected chi connectivity index (χ1v) is 19.1. The molecule has 46 heavy (non-hydrogen) atoms. The Morgan fingerprint density at radius 3 is 1.43 bits per heavy atom. The minimum Gasteiger partial charge on any atom is -0.480 e. The third-order valence-electron chi connectivity index (χ3n) is 7.12. The fourth-order valence-corrected chi connectivity index (χ4v) is 11.8. The number of carboxylic acids is 2. The summed E-state index contributed by atoms with van der Waals surface area (Å²) in [5, 5.41) is 21.0. The second kappa shape index (κ2) is 14.1. The molecule has 4 N–H and O–H groups in total. The Morgan fingerprint density at radius 2 is 1.04 bits per heavy atom. The Kier molecular flexibility index (Phi) is 10.8. The van der Waals surface area contributed by atoms with Gasteiger partial charge in [0.2, 0.25) is 0 Å². The summed E-state index contributed by atoms with van der Waals surface area (Å²) in [6.45, 7) is 0. The fourth-order valence-electron chi connectivity index (χ4n) is 4.94. The molecule has 2 atom stereocenters. The van der Waals surface area contributed by atoms with Gasteiger partial charge in [0.05, 0.1) is 9.79 Å². The Morgan fingerprint density at radius 1 is 0.652 bits per heavy atom. The Bertz CT molecular complexity index is 1880. The Balaban J connectivity index is 1.97. The lowest BCUT2D eigenvalue weighted by molar-refractivity contribution is -0.140. The molecule has 12 nitrogen and oxygen atoms in total. The summed E-state index contributed by atoms with van der Waals surface area (Å²) in [6, 6.07) is 15.4. The van der Waals surface area contributed by atoms with Crippen LogP contribution in [0.5, 0.6) is 0 Å². The predicted octanol–water partition coefficient (Wildman–Crippen LogP) is 3.75. The van der Waals surface area contributed by atoms with E-state index in [0.717, 1.165) is 21.6 Å². The van der Waals surface area contributed by atoms with Crippen LogP contribution in [0, 0.1) is 0 Å². The number of nitrogens with zero attached hydrogens (tertiary/aromatic N) is 3. The van der Waals surface area contributed by atoms with Crippen molar-refractivity contribution >= 4 is 86.5 Å². The Labute approximate surface area is 275 Å². The van der Waals surface area contributed by atoms with Gasteiger partial charge in [0.25, 0.3) is 20.0 Å². The lowest BCUT2D eigenvalue weighted by Gasteiger charge is -2.29. The van der Waals surface area contributed by atoms with E-state index in [4.69, 9.17) is 10.8 Å². The van der Waals surface area contributed by atoms with Crippen LogP contribution >= 0.6 is 21.6 Å². The molecule has 0 amide bonds. The summed E-state index contributed by atoms with van der Waals surface area (Å²) >= 11 is 0. The first-order chi connectivity index (χ1) is 21.6. The maximum Gasteiger partial charge on any atom is 0.324 e. The molecular weight excluding hydrogens is 673 g/mol. The predicted molar refractivity (Wildman–Crippen MR) is 185 cm³/mol. The number of fused-ring (bicyclic) bond motifs is 2. The molecule has 0 aliphatic carbocycles. The van der Waals surface area contributed by atoms with Crippen LogP contribution in [0.15, 0.2) is 82.6 Å². The maximum absolute atomic E-state index is 14.7. The quantitative estimate of drug-likeness (QED) is 0.128. The van der Waals surface area contributed by atoms with E-state index in [-0.39, 0.29) is 30.0 Å². The zero-order valence-corrected chi connectivity index (χ0v) is 28.7. The average molecular weight is 707 g/mol. The number of nitrogens with two attached hydrogens (primary N) is 1. The molecule has 16 heteroatoms. The van der Waals surface area contributed by atoms with Crippen LogP contribution in [0.4, 0.5) is 11.4 Å². The van der Waals surface area contributed by atoms with Gasteiger partial charge >= 0.3 is 11.9 Å². The van der Waals surface area contributed by atoms with E-state index in [0.29, 0.717) is 22.1 Å². The van der Waals surface area contributed by atoms with E-state index in [2.05, 4.69) is 0 Å². The highest BCUT2D eigenvalue weighted by Gasteiger charge is 2.46. The van der Waals surface area contributed by atoms with Crippen molar-refractivity contribution in [2.24, 2.45) is 5.73 Å². The molecule has 0 bridgehead atoms. The highest BCUT2D eigenvalue weighted by molar-refractivity contribution is 8.76. The van der Waals surface area contributed by atoms with Gasteiger partial charge in [0, 0.05) is 72.6 Å². The van der Waals surface area contributed by atoms with E-state index in [9.17, 15) is 31.5 Å². The van der Waals surface area contributed by atoms with Crippen molar-refractivity contribution in [3.8, 4) is 0 Å². The number of carbonyl (C=O) groups is 2. The van der Waals surface area contributed by atoms with Gasteiger partial charge in [-0.2, -0.15) is 0 Å². The first-order valence-electron chi connectivity index (χ1n) is 13.7. The third-order valence-corrected chi connectivity index (χ3v) is 14.0. The molecule has 0 heterocycles. The van der Waals surface area contributed by atoms with Gasteiger partial charge in [0.15, 0.2) is 0 Å². The van der Waals surface area contributed by atoms with Crippen molar-refractivity contribution < 1.29 is 36.6 Å². The van der Waals surface area contributed by atoms with Crippen molar-refractivity contribution in [3.05, 3.63) is 72.8 Å². The summed E-state index contributed by atoms with van der Waals surface area (Å²) in [5.74, 6) is -3.63. The molecule has 4 aromatic carbocycles. The number of rotatable bonds is 14. The largest absolute Gasteiger partial charge is 0.480 e. The molecule has 0 fully saturated rings. The van der Waals surface area contributed by atoms with Crippen molar-refractivity contribution in [2.45, 2.75) is 21.9 Å². The van der Waals surface area contributed by atoms with Gasteiger partial charge in [-0.3, -0.25) is 9.59 Å². The minimum atomic E-state index is -5.09. The number of hydrogen-bond acceptors (Lipinski definition) is 11. The normalized spacial score (nSPS) is 13.5. The second-order valence-corrected chi connectivity index (χ2v) is 17.0. The molecule has 0 aromatic heterocycles. The number of sulfonamides is 2. The SMILES string of the molecule is CN(C)c1cccc2c(S(=O)(=O)N([C@@H](CSSC[C@H](N)C(=O)O)C(=O)O)S(=O)(=O)c3cccc4c(N(C)C)cccc34)cccc12. The number of benzene rings is 4. The standard InChI is InChI=1S/C30H34N4O8S4/c1-32(2)24-13-5-11-21-19(24)9-7-15-27(21)45(39,40)34(26(30(37)38)18-44-43-17-23(31)29(35)36)46(41,42)28-16-8-10-20-22(28)12-6-14-25(20)33(3)4/h5-16,23,26H,17-18,31H2,1-4H3,(H,35,36)(H,37,38)/t23-,26-/m0/s1. The second-order valence-electron chi connectivity index (χ2n) is 10.6. The number of aliphatic carboxylic acids is 2. The minimum absolute atomic E-state index is 0.0846. The zero-order valence-electron chi connectivity index (χ0n) is 25.4. The summed E-state index contributed by atoms with van der Waals surface area (Å²) in [4.78, 5) is 26.8. The average Bonchev–Trinajstić information content (AvgIpc) is 3.00. The third kappa shape index (κ3) is 6.91. The van der Waals surface area contributed by atoms with Crippen molar-refractivity contribution in [1.29, 1.82) is 0 Å². The summed E-state index contributed by atoms with van der Waals surface area (Å²) in [5.41, 5.74) is 6.90. The van der Waals surface area contributed by atoms with Crippen molar-refractivity contribution in [2.75, 3.05) is 49.5 Å². The van der Waals surface area contributed by atoms with Crippen LogP contribution in [0.25, 0.3) is 21.5 Å². The summed E-state index contributed by atoms with van der Waals surface area (Å²) in [7, 11) is -1.35. The smallest absolute Gasteiger partial charge is 0.324 e. The zero-order chi connectivity index (χ0) is 34.0. The van der Waals surface area contributed by atoms with Gasteiger partial charge in [-0.25, -0.2) is 16.8 Å². The van der Waals surface area contributed by atoms with E-state index in [1.165, 1.54) is 36.4 Å². The molecule has 0 unspecified atom stereocenters. The van der Waals surface area contributed by atoms with Gasteiger partial charge < -0.3 is 25.7 Å². The van der Waals surface area contributed by atoms with E-state index < -0.39 is 49.8 Å². The van der Waals surface area contributed by atoms with Crippen LogP contribution in [0.3, 0.4) is 0 Å². The van der Waals surface area contributed by atoms with E-state index in [1.807, 2.05) is 0 Å². The Hall–Kier alpha value is -3.54. The molecule has 4 aromatic rings. The number of hydrogen-bond donors (Lipinski definition) is 3. The van der Waals surface area contributed by atoms with Gasteiger partial charge in [-0.15, -0.1) is 0 Å². The van der Waals surface area contributed by atoms with Crippen LogP contribution in [-0.2, 0) is 29.6 Å². The van der Waals surface area contributed by atoms with Gasteiger partial charge in [0.1, 0.15) is 12.1 Å². The molecule has 0 saturated heterocycles. The number of carboxylic acid groups (broad SMARTS) is 2. The highest BCUT2D eigenvalue weighted by Crippen LogP contribution is 2.38.